The minimum absolute atomic E-state index is 0.306. The van der Waals surface area contributed by atoms with Crippen molar-refractivity contribution in [2.24, 2.45) is 0 Å². The molecule has 1 amide bonds. The van der Waals surface area contributed by atoms with Crippen LogP contribution in [0, 0.1) is 12.7 Å². The second-order valence-electron chi connectivity index (χ2n) is 6.58. The number of thiazole rings is 1. The van der Waals surface area contributed by atoms with Gasteiger partial charge in [-0.05, 0) is 49.7 Å². The molecular weight excluding hydrogens is 389 g/mol. The van der Waals surface area contributed by atoms with Gasteiger partial charge in [-0.15, -0.1) is 0 Å². The number of aromatic nitrogens is 2. The molecule has 1 unspecified atom stereocenters. The van der Waals surface area contributed by atoms with Crippen LogP contribution in [0.15, 0.2) is 60.8 Å². The third-order valence-corrected chi connectivity index (χ3v) is 5.42. The molecule has 0 aliphatic carbocycles. The fourth-order valence-electron chi connectivity index (χ4n) is 2.82. The molecule has 7 heteroatoms. The lowest BCUT2D eigenvalue weighted by Gasteiger charge is -2.16. The van der Waals surface area contributed by atoms with Crippen molar-refractivity contribution in [1.29, 1.82) is 0 Å². The highest BCUT2D eigenvalue weighted by Gasteiger charge is 2.17. The number of amides is 1. The van der Waals surface area contributed by atoms with Crippen molar-refractivity contribution in [3.05, 3.63) is 72.2 Å². The van der Waals surface area contributed by atoms with Crippen LogP contribution in [0.2, 0.25) is 0 Å². The van der Waals surface area contributed by atoms with E-state index in [1.807, 2.05) is 37.3 Å². The number of nitrogens with zero attached hydrogens (tertiary/aromatic N) is 2. The Labute approximate surface area is 171 Å². The number of hydrogen-bond donors (Lipinski definition) is 1. The van der Waals surface area contributed by atoms with Gasteiger partial charge in [-0.3, -0.25) is 4.79 Å². The van der Waals surface area contributed by atoms with Crippen LogP contribution in [0.4, 0.5) is 10.1 Å². The summed E-state index contributed by atoms with van der Waals surface area (Å²) in [6.45, 7) is 3.54. The molecule has 4 aromatic rings. The van der Waals surface area contributed by atoms with Gasteiger partial charge in [0.05, 0.1) is 0 Å². The van der Waals surface area contributed by atoms with Gasteiger partial charge in [0.2, 0.25) is 0 Å². The summed E-state index contributed by atoms with van der Waals surface area (Å²) in [6, 6.07) is 15.3. The average molecular weight is 407 g/mol. The van der Waals surface area contributed by atoms with Gasteiger partial charge in [0.25, 0.3) is 5.91 Å². The predicted octanol–water partition coefficient (Wildman–Crippen LogP) is 5.21. The zero-order chi connectivity index (χ0) is 20.4. The number of anilines is 1. The maximum absolute atomic E-state index is 13.3. The van der Waals surface area contributed by atoms with E-state index in [1.165, 1.54) is 29.5 Å². The Morgan fingerprint density at radius 2 is 2.03 bits per heavy atom. The Hall–Kier alpha value is -3.32. The highest BCUT2D eigenvalue weighted by atomic mass is 32.1. The first-order valence-corrected chi connectivity index (χ1v) is 9.87. The van der Waals surface area contributed by atoms with E-state index in [2.05, 4.69) is 15.3 Å². The van der Waals surface area contributed by atoms with Crippen LogP contribution in [0.5, 0.6) is 5.75 Å². The lowest BCUT2D eigenvalue weighted by molar-refractivity contribution is -0.122. The molecule has 2 heterocycles. The van der Waals surface area contributed by atoms with Crippen LogP contribution < -0.4 is 10.1 Å². The first-order chi connectivity index (χ1) is 14.0. The Bertz CT molecular complexity index is 1160. The number of halogens is 1. The molecule has 4 rings (SSSR count). The van der Waals surface area contributed by atoms with Crippen molar-refractivity contribution in [2.75, 3.05) is 5.32 Å². The summed E-state index contributed by atoms with van der Waals surface area (Å²) < 4.78 is 18.9. The first kappa shape index (κ1) is 19.0. The molecule has 1 atom stereocenters. The van der Waals surface area contributed by atoms with Crippen LogP contribution in [-0.2, 0) is 4.79 Å². The molecule has 0 radical (unpaired) electrons. The van der Waals surface area contributed by atoms with Crippen LogP contribution in [0.25, 0.3) is 20.9 Å². The van der Waals surface area contributed by atoms with Gasteiger partial charge in [-0.1, -0.05) is 29.5 Å². The van der Waals surface area contributed by atoms with Crippen LogP contribution >= 0.6 is 11.3 Å². The van der Waals surface area contributed by atoms with E-state index in [1.54, 1.807) is 19.2 Å². The normalized spacial score (nSPS) is 12.0. The van der Waals surface area contributed by atoms with Crippen molar-refractivity contribution in [3.63, 3.8) is 0 Å². The summed E-state index contributed by atoms with van der Waals surface area (Å²) in [5.74, 6) is -0.426. The second-order valence-corrected chi connectivity index (χ2v) is 7.56. The third-order valence-electron chi connectivity index (χ3n) is 4.39. The minimum Gasteiger partial charge on any atom is -0.481 e. The summed E-state index contributed by atoms with van der Waals surface area (Å²) in [4.78, 5) is 22.4. The van der Waals surface area contributed by atoms with Gasteiger partial charge < -0.3 is 10.1 Å². The number of fused-ring (bicyclic) bond motifs is 1. The molecule has 2 aromatic heterocycles. The number of ether oxygens (including phenoxy) is 1. The van der Waals surface area contributed by atoms with E-state index < -0.39 is 11.9 Å². The number of hydrogen-bond acceptors (Lipinski definition) is 5. The Morgan fingerprint density at radius 1 is 1.17 bits per heavy atom. The van der Waals surface area contributed by atoms with E-state index in [-0.39, 0.29) is 5.91 Å². The highest BCUT2D eigenvalue weighted by molar-refractivity contribution is 7.21. The Morgan fingerprint density at radius 3 is 2.83 bits per heavy atom. The summed E-state index contributed by atoms with van der Waals surface area (Å²) in [6.07, 6.45) is 0.956. The lowest BCUT2D eigenvalue weighted by atomic mass is 10.1. The smallest absolute Gasteiger partial charge is 0.265 e. The summed E-state index contributed by atoms with van der Waals surface area (Å²) in [7, 11) is 0. The molecule has 29 heavy (non-hydrogen) atoms. The maximum Gasteiger partial charge on any atom is 0.265 e. The number of aryl methyl sites for hydroxylation is 1. The zero-order valence-electron chi connectivity index (χ0n) is 15.8. The van der Waals surface area contributed by atoms with Gasteiger partial charge in [-0.2, -0.15) is 0 Å². The molecule has 2 aromatic carbocycles. The third kappa shape index (κ3) is 4.25. The van der Waals surface area contributed by atoms with Crippen LogP contribution in [0.3, 0.4) is 0 Å². The van der Waals surface area contributed by atoms with Gasteiger partial charge in [0, 0.05) is 23.5 Å². The molecule has 1 N–H and O–H groups in total. The van der Waals surface area contributed by atoms with E-state index in [4.69, 9.17) is 4.74 Å². The minimum atomic E-state index is -0.786. The first-order valence-electron chi connectivity index (χ1n) is 9.05. The number of benzene rings is 2. The molecule has 0 fully saturated rings. The molecule has 146 valence electrons. The molecule has 0 aliphatic rings. The molecule has 0 bridgehead atoms. The van der Waals surface area contributed by atoms with Crippen molar-refractivity contribution in [3.8, 4) is 16.3 Å². The standard InChI is InChI=1S/C22H18FN3O2S/c1-13-8-9-15(21-26-18-7-4-10-24-22(18)29-21)11-19(13)25-20(27)14(2)28-17-6-3-5-16(23)12-17/h3-12,14H,1-2H3,(H,25,27). The second kappa shape index (κ2) is 7.97. The average Bonchev–Trinajstić information content (AvgIpc) is 3.14. The summed E-state index contributed by atoms with van der Waals surface area (Å²) in [5.41, 5.74) is 3.33. The SMILES string of the molecule is Cc1ccc(-c2nc3cccnc3s2)cc1NC(=O)C(C)Oc1cccc(F)c1. The predicted molar refractivity (Wildman–Crippen MR) is 113 cm³/mol. The van der Waals surface area contributed by atoms with Crippen LogP contribution in [0.1, 0.15) is 12.5 Å². The fraction of sp³-hybridized carbons (Fsp3) is 0.136. The number of carbonyl (C=O) groups excluding carboxylic acids is 1. The van der Waals surface area contributed by atoms with Gasteiger partial charge in [0.15, 0.2) is 6.10 Å². The summed E-state index contributed by atoms with van der Waals surface area (Å²) >= 11 is 1.50. The number of rotatable bonds is 5. The van der Waals surface area contributed by atoms with E-state index >= 15 is 0 Å². The van der Waals surface area contributed by atoms with Crippen molar-refractivity contribution < 1.29 is 13.9 Å². The topological polar surface area (TPSA) is 64.1 Å². The Balaban J connectivity index is 1.53. The van der Waals surface area contributed by atoms with E-state index in [9.17, 15) is 9.18 Å². The van der Waals surface area contributed by atoms with Gasteiger partial charge in [0.1, 0.15) is 26.9 Å². The summed E-state index contributed by atoms with van der Waals surface area (Å²) in [5, 5.41) is 3.72. The van der Waals surface area contributed by atoms with Gasteiger partial charge in [-0.25, -0.2) is 14.4 Å². The molecule has 0 spiro atoms. The van der Waals surface area contributed by atoms with Gasteiger partial charge >= 0.3 is 0 Å². The lowest BCUT2D eigenvalue weighted by Crippen LogP contribution is -2.30. The monoisotopic (exact) mass is 407 g/mol. The molecule has 0 aliphatic heterocycles. The molecule has 0 saturated carbocycles. The number of carbonyl (C=O) groups is 1. The van der Waals surface area contributed by atoms with Crippen molar-refractivity contribution in [1.82, 2.24) is 9.97 Å². The Kier molecular flexibility index (Phi) is 5.22. The maximum atomic E-state index is 13.3. The fourth-order valence-corrected chi connectivity index (χ4v) is 3.72. The molecule has 5 nitrogen and oxygen atoms in total. The van der Waals surface area contributed by atoms with E-state index in [0.717, 1.165) is 26.5 Å². The number of nitrogens with one attached hydrogen (secondary N) is 1. The number of pyridine rings is 1. The highest BCUT2D eigenvalue weighted by Crippen LogP contribution is 2.31. The zero-order valence-corrected chi connectivity index (χ0v) is 16.7. The van der Waals surface area contributed by atoms with Crippen molar-refractivity contribution in [2.45, 2.75) is 20.0 Å². The van der Waals surface area contributed by atoms with Crippen molar-refractivity contribution >= 4 is 33.3 Å². The molecule has 0 saturated heterocycles. The quantitative estimate of drug-likeness (QED) is 0.493. The largest absolute Gasteiger partial charge is 0.481 e. The van der Waals surface area contributed by atoms with E-state index in [0.29, 0.717) is 11.4 Å². The van der Waals surface area contributed by atoms with Crippen LogP contribution in [-0.4, -0.2) is 22.0 Å². The molecular formula is C22H18FN3O2S.